The van der Waals surface area contributed by atoms with Gasteiger partial charge in [-0.25, -0.2) is 4.79 Å². The van der Waals surface area contributed by atoms with Crippen molar-refractivity contribution < 1.29 is 19.5 Å². The van der Waals surface area contributed by atoms with Crippen LogP contribution in [0.2, 0.25) is 0 Å². The van der Waals surface area contributed by atoms with Gasteiger partial charge >= 0.3 is 12.0 Å². The number of anilines is 1. The maximum atomic E-state index is 12.1. The summed E-state index contributed by atoms with van der Waals surface area (Å²) in [5.41, 5.74) is 0.599. The zero-order valence-corrected chi connectivity index (χ0v) is 13.5. The van der Waals surface area contributed by atoms with Gasteiger partial charge in [0.1, 0.15) is 12.6 Å². The SMILES string of the molecule is CC1C[C@H](NC(=O)Nc2ccc(Br)cc2)C(=O)N1CC(=O)O. The van der Waals surface area contributed by atoms with Gasteiger partial charge < -0.3 is 20.6 Å². The number of hydrogen-bond acceptors (Lipinski definition) is 3. The van der Waals surface area contributed by atoms with Crippen LogP contribution in [0.1, 0.15) is 13.3 Å². The van der Waals surface area contributed by atoms with Gasteiger partial charge in [-0.2, -0.15) is 0 Å². The Bertz CT molecular complexity index is 590. The van der Waals surface area contributed by atoms with Crippen molar-refractivity contribution in [3.05, 3.63) is 28.7 Å². The van der Waals surface area contributed by atoms with Crippen molar-refractivity contribution in [2.24, 2.45) is 0 Å². The molecular weight excluding hydrogens is 354 g/mol. The maximum absolute atomic E-state index is 12.1. The van der Waals surface area contributed by atoms with E-state index >= 15 is 0 Å². The van der Waals surface area contributed by atoms with E-state index in [1.165, 1.54) is 4.90 Å². The van der Waals surface area contributed by atoms with E-state index in [-0.39, 0.29) is 18.5 Å². The van der Waals surface area contributed by atoms with Crippen molar-refractivity contribution in [2.45, 2.75) is 25.4 Å². The van der Waals surface area contributed by atoms with Crippen LogP contribution in [0.15, 0.2) is 28.7 Å². The van der Waals surface area contributed by atoms with Crippen LogP contribution in [0.5, 0.6) is 0 Å². The summed E-state index contributed by atoms with van der Waals surface area (Å²) in [6.45, 7) is 1.40. The number of carboxylic acid groups (broad SMARTS) is 1. The number of hydrogen-bond donors (Lipinski definition) is 3. The van der Waals surface area contributed by atoms with E-state index in [0.29, 0.717) is 12.1 Å². The van der Waals surface area contributed by atoms with E-state index in [9.17, 15) is 14.4 Å². The number of likely N-dealkylation sites (tertiary alicyclic amines) is 1. The van der Waals surface area contributed by atoms with E-state index in [1.807, 2.05) is 0 Å². The van der Waals surface area contributed by atoms with Gasteiger partial charge in [0.15, 0.2) is 0 Å². The topological polar surface area (TPSA) is 98.7 Å². The molecule has 7 nitrogen and oxygen atoms in total. The van der Waals surface area contributed by atoms with E-state index < -0.39 is 18.0 Å². The summed E-state index contributed by atoms with van der Waals surface area (Å²) in [6.07, 6.45) is 0.389. The zero-order valence-electron chi connectivity index (χ0n) is 11.9. The van der Waals surface area contributed by atoms with Gasteiger partial charge in [0.25, 0.3) is 0 Å². The first-order valence-corrected chi connectivity index (χ1v) is 7.51. The number of urea groups is 1. The normalized spacial score (nSPS) is 20.8. The summed E-state index contributed by atoms with van der Waals surface area (Å²) in [4.78, 5) is 36.0. The smallest absolute Gasteiger partial charge is 0.323 e. The number of rotatable bonds is 4. The van der Waals surface area contributed by atoms with E-state index in [2.05, 4.69) is 26.6 Å². The molecule has 118 valence electrons. The molecule has 1 saturated heterocycles. The van der Waals surface area contributed by atoms with Crippen LogP contribution in [0, 0.1) is 0 Å². The van der Waals surface area contributed by atoms with Crippen molar-refractivity contribution in [3.8, 4) is 0 Å². The first kappa shape index (κ1) is 16.3. The van der Waals surface area contributed by atoms with Crippen LogP contribution < -0.4 is 10.6 Å². The molecule has 0 aromatic heterocycles. The molecule has 0 aliphatic carbocycles. The minimum Gasteiger partial charge on any atom is -0.480 e. The number of halogens is 1. The number of carbonyl (C=O) groups excluding carboxylic acids is 2. The lowest BCUT2D eigenvalue weighted by Crippen LogP contribution is -2.44. The Kier molecular flexibility index (Phi) is 5.02. The van der Waals surface area contributed by atoms with Crippen LogP contribution in [0.3, 0.4) is 0 Å². The number of amides is 3. The molecule has 1 aliphatic heterocycles. The third kappa shape index (κ3) is 3.97. The average molecular weight is 370 g/mol. The van der Waals surface area contributed by atoms with Crippen molar-refractivity contribution in [3.63, 3.8) is 0 Å². The fourth-order valence-corrected chi connectivity index (χ4v) is 2.61. The van der Waals surface area contributed by atoms with Crippen LogP contribution in [-0.4, -0.2) is 46.5 Å². The van der Waals surface area contributed by atoms with Crippen LogP contribution in [0.4, 0.5) is 10.5 Å². The highest BCUT2D eigenvalue weighted by atomic mass is 79.9. The third-order valence-electron chi connectivity index (χ3n) is 3.40. The largest absolute Gasteiger partial charge is 0.480 e. The lowest BCUT2D eigenvalue weighted by molar-refractivity contribution is -0.144. The Balaban J connectivity index is 1.93. The lowest BCUT2D eigenvalue weighted by Gasteiger charge is -2.18. The molecule has 1 aromatic carbocycles. The van der Waals surface area contributed by atoms with Crippen molar-refractivity contribution >= 4 is 39.5 Å². The van der Waals surface area contributed by atoms with Gasteiger partial charge in [-0.05, 0) is 37.6 Å². The van der Waals surface area contributed by atoms with Crippen molar-refractivity contribution in [2.75, 3.05) is 11.9 Å². The number of benzene rings is 1. The molecule has 0 radical (unpaired) electrons. The van der Waals surface area contributed by atoms with Crippen LogP contribution in [0.25, 0.3) is 0 Å². The molecule has 1 aromatic rings. The summed E-state index contributed by atoms with van der Waals surface area (Å²) < 4.78 is 0.891. The molecule has 3 amide bonds. The fraction of sp³-hybridized carbons (Fsp3) is 0.357. The number of aliphatic carboxylic acids is 1. The van der Waals surface area contributed by atoms with Gasteiger partial charge in [-0.15, -0.1) is 0 Å². The summed E-state index contributed by atoms with van der Waals surface area (Å²) in [5, 5.41) is 14.0. The van der Waals surface area contributed by atoms with Gasteiger partial charge in [0.05, 0.1) is 0 Å². The molecule has 3 N–H and O–H groups in total. The molecule has 1 heterocycles. The van der Waals surface area contributed by atoms with E-state index in [1.54, 1.807) is 31.2 Å². The molecule has 0 saturated carbocycles. The van der Waals surface area contributed by atoms with Gasteiger partial charge in [0, 0.05) is 16.2 Å². The lowest BCUT2D eigenvalue weighted by atomic mass is 10.2. The Morgan fingerprint density at radius 2 is 2.00 bits per heavy atom. The van der Waals surface area contributed by atoms with E-state index in [4.69, 9.17) is 5.11 Å². The summed E-state index contributed by atoms with van der Waals surface area (Å²) in [6, 6.07) is 5.59. The molecule has 0 bridgehead atoms. The predicted octanol–water partition coefficient (Wildman–Crippen LogP) is 1.64. The quantitative estimate of drug-likeness (QED) is 0.751. The minimum absolute atomic E-state index is 0.221. The highest BCUT2D eigenvalue weighted by Gasteiger charge is 2.38. The third-order valence-corrected chi connectivity index (χ3v) is 3.93. The monoisotopic (exact) mass is 369 g/mol. The molecule has 2 atom stereocenters. The molecule has 1 fully saturated rings. The van der Waals surface area contributed by atoms with Crippen LogP contribution >= 0.6 is 15.9 Å². The minimum atomic E-state index is -1.07. The molecule has 0 spiro atoms. The molecule has 1 unspecified atom stereocenters. The number of nitrogens with one attached hydrogen (secondary N) is 2. The second kappa shape index (κ2) is 6.78. The maximum Gasteiger partial charge on any atom is 0.323 e. The van der Waals surface area contributed by atoms with Crippen molar-refractivity contribution in [1.29, 1.82) is 0 Å². The van der Waals surface area contributed by atoms with Crippen molar-refractivity contribution in [1.82, 2.24) is 10.2 Å². The summed E-state index contributed by atoms with van der Waals surface area (Å²) in [7, 11) is 0. The Hall–Kier alpha value is -2.09. The van der Waals surface area contributed by atoms with E-state index in [0.717, 1.165) is 4.47 Å². The van der Waals surface area contributed by atoms with Gasteiger partial charge in [-0.1, -0.05) is 15.9 Å². The van der Waals surface area contributed by atoms with Crippen LogP contribution in [-0.2, 0) is 9.59 Å². The highest BCUT2D eigenvalue weighted by Crippen LogP contribution is 2.19. The predicted molar refractivity (Wildman–Crippen MR) is 83.5 cm³/mol. The fourth-order valence-electron chi connectivity index (χ4n) is 2.35. The van der Waals surface area contributed by atoms with Gasteiger partial charge in [0.2, 0.25) is 5.91 Å². The average Bonchev–Trinajstić information content (AvgIpc) is 2.68. The molecule has 22 heavy (non-hydrogen) atoms. The summed E-state index contributed by atoms with van der Waals surface area (Å²) in [5.74, 6) is -1.44. The standard InChI is InChI=1S/C14H16BrN3O4/c1-8-6-11(13(21)18(8)7-12(19)20)17-14(22)16-10-4-2-9(15)3-5-10/h2-5,8,11H,6-7H2,1H3,(H,19,20)(H2,16,17,22)/t8?,11-/m0/s1. The zero-order chi connectivity index (χ0) is 16.3. The molecule has 2 rings (SSSR count). The first-order chi connectivity index (χ1) is 10.4. The number of carbonyl (C=O) groups is 3. The highest BCUT2D eigenvalue weighted by molar-refractivity contribution is 9.10. The Morgan fingerprint density at radius 3 is 2.59 bits per heavy atom. The molecule has 1 aliphatic rings. The molecular formula is C14H16BrN3O4. The Morgan fingerprint density at radius 1 is 1.36 bits per heavy atom. The number of nitrogens with zero attached hydrogens (tertiary/aromatic N) is 1. The first-order valence-electron chi connectivity index (χ1n) is 6.72. The second-order valence-corrected chi connectivity index (χ2v) is 6.02. The second-order valence-electron chi connectivity index (χ2n) is 5.10. The summed E-state index contributed by atoms with van der Waals surface area (Å²) >= 11 is 3.30. The molecule has 8 heteroatoms. The number of carboxylic acids is 1. The van der Waals surface area contributed by atoms with Gasteiger partial charge in [-0.3, -0.25) is 9.59 Å². The Labute approximate surface area is 135 Å².